The molecule has 1 unspecified atom stereocenters. The van der Waals surface area contributed by atoms with Crippen molar-refractivity contribution in [2.75, 3.05) is 6.54 Å². The largest absolute Gasteiger partial charge is 0.292 e. The molecule has 0 spiro atoms. The third-order valence-corrected chi connectivity index (χ3v) is 2.12. The summed E-state index contributed by atoms with van der Waals surface area (Å²) < 4.78 is 0.285. The van der Waals surface area contributed by atoms with Crippen molar-refractivity contribution in [2.24, 2.45) is 0 Å². The maximum atomic E-state index is 4.14. The highest BCUT2D eigenvalue weighted by Crippen LogP contribution is 2.25. The Morgan fingerprint density at radius 2 is 2.71 bits per heavy atom. The first-order valence-electron chi connectivity index (χ1n) is 2.05. The van der Waals surface area contributed by atoms with E-state index in [9.17, 15) is 0 Å². The topological polar surface area (TPSA) is 12.0 Å². The zero-order valence-electron chi connectivity index (χ0n) is 3.85. The standard InChI is InChI=1S/C4H7NS2/c1-3-2-5-4(6)7-3/h4-6H,1-2H2. The Morgan fingerprint density at radius 3 is 2.86 bits per heavy atom. The van der Waals surface area contributed by atoms with Gasteiger partial charge in [-0.05, 0) is 4.91 Å². The van der Waals surface area contributed by atoms with Crippen molar-refractivity contribution in [1.82, 2.24) is 5.32 Å². The van der Waals surface area contributed by atoms with E-state index in [1.165, 1.54) is 4.91 Å². The second-order valence-corrected chi connectivity index (χ2v) is 3.54. The summed E-state index contributed by atoms with van der Waals surface area (Å²) in [4.78, 5) is 1.18. The summed E-state index contributed by atoms with van der Waals surface area (Å²) in [6.07, 6.45) is 0. The minimum absolute atomic E-state index is 0.285. The number of hydrogen-bond donors (Lipinski definition) is 2. The second kappa shape index (κ2) is 2.11. The monoisotopic (exact) mass is 133 g/mol. The zero-order valence-corrected chi connectivity index (χ0v) is 5.56. The number of nitrogens with one attached hydrogen (secondary N) is 1. The van der Waals surface area contributed by atoms with Crippen molar-refractivity contribution in [3.63, 3.8) is 0 Å². The summed E-state index contributed by atoms with van der Waals surface area (Å²) in [5, 5.41) is 3.10. The zero-order chi connectivity index (χ0) is 5.28. The van der Waals surface area contributed by atoms with Crippen molar-refractivity contribution in [2.45, 2.75) is 4.71 Å². The van der Waals surface area contributed by atoms with Gasteiger partial charge in [-0.2, -0.15) is 0 Å². The number of rotatable bonds is 0. The van der Waals surface area contributed by atoms with Gasteiger partial charge in [-0.1, -0.05) is 6.58 Å². The van der Waals surface area contributed by atoms with Gasteiger partial charge in [0.05, 0.1) is 0 Å². The Labute approximate surface area is 53.0 Å². The van der Waals surface area contributed by atoms with Gasteiger partial charge in [0.15, 0.2) is 0 Å². The highest BCUT2D eigenvalue weighted by atomic mass is 32.2. The molecule has 0 aromatic heterocycles. The second-order valence-electron chi connectivity index (χ2n) is 1.39. The van der Waals surface area contributed by atoms with E-state index in [4.69, 9.17) is 0 Å². The maximum absolute atomic E-state index is 4.14. The van der Waals surface area contributed by atoms with Crippen LogP contribution in [0.15, 0.2) is 11.5 Å². The summed E-state index contributed by atoms with van der Waals surface area (Å²) >= 11 is 5.82. The molecule has 1 saturated heterocycles. The van der Waals surface area contributed by atoms with E-state index in [2.05, 4.69) is 24.5 Å². The van der Waals surface area contributed by atoms with E-state index in [1.807, 2.05) is 0 Å². The van der Waals surface area contributed by atoms with E-state index in [0.717, 1.165) is 6.54 Å². The SMILES string of the molecule is C=C1CNC(S)S1. The summed E-state index contributed by atoms with van der Waals surface area (Å²) in [7, 11) is 0. The van der Waals surface area contributed by atoms with Gasteiger partial charge < -0.3 is 0 Å². The lowest BCUT2D eigenvalue weighted by atomic mass is 10.6. The van der Waals surface area contributed by atoms with E-state index in [-0.39, 0.29) is 4.71 Å². The van der Waals surface area contributed by atoms with Crippen LogP contribution in [0.2, 0.25) is 0 Å². The van der Waals surface area contributed by atoms with Gasteiger partial charge in [-0.15, -0.1) is 24.4 Å². The molecule has 1 atom stereocenters. The number of thioether (sulfide) groups is 1. The van der Waals surface area contributed by atoms with Crippen LogP contribution in [0.5, 0.6) is 0 Å². The highest BCUT2D eigenvalue weighted by Gasteiger charge is 2.11. The van der Waals surface area contributed by atoms with Crippen LogP contribution in [-0.4, -0.2) is 11.3 Å². The lowest BCUT2D eigenvalue weighted by Crippen LogP contribution is -2.12. The summed E-state index contributed by atoms with van der Waals surface area (Å²) in [5.74, 6) is 0. The molecule has 0 aromatic carbocycles. The van der Waals surface area contributed by atoms with Gasteiger partial charge in [0.1, 0.15) is 4.71 Å². The fourth-order valence-electron chi connectivity index (χ4n) is 0.442. The molecule has 3 heteroatoms. The van der Waals surface area contributed by atoms with Gasteiger partial charge in [0, 0.05) is 6.54 Å². The van der Waals surface area contributed by atoms with Crippen molar-refractivity contribution >= 4 is 24.4 Å². The number of thiol groups is 1. The minimum Gasteiger partial charge on any atom is -0.292 e. The first-order chi connectivity index (χ1) is 3.29. The Kier molecular flexibility index (Phi) is 1.67. The van der Waals surface area contributed by atoms with Gasteiger partial charge >= 0.3 is 0 Å². The molecule has 1 rings (SSSR count). The molecule has 1 heterocycles. The smallest absolute Gasteiger partial charge is 0.102 e. The van der Waals surface area contributed by atoms with Gasteiger partial charge in [0.25, 0.3) is 0 Å². The Morgan fingerprint density at radius 1 is 2.00 bits per heavy atom. The van der Waals surface area contributed by atoms with Crippen LogP contribution < -0.4 is 5.32 Å². The molecule has 0 amide bonds. The molecule has 40 valence electrons. The molecule has 0 aromatic rings. The summed E-state index contributed by atoms with van der Waals surface area (Å²) in [6.45, 7) is 4.67. The van der Waals surface area contributed by atoms with Crippen LogP contribution in [-0.2, 0) is 0 Å². The molecule has 1 nitrogen and oxygen atoms in total. The summed E-state index contributed by atoms with van der Waals surface area (Å²) in [5.41, 5.74) is 0. The van der Waals surface area contributed by atoms with Crippen molar-refractivity contribution in [3.05, 3.63) is 11.5 Å². The maximum Gasteiger partial charge on any atom is 0.102 e. The lowest BCUT2D eigenvalue weighted by Gasteiger charge is -1.92. The molecule has 0 bridgehead atoms. The summed E-state index contributed by atoms with van der Waals surface area (Å²) in [6, 6.07) is 0. The van der Waals surface area contributed by atoms with Crippen molar-refractivity contribution < 1.29 is 0 Å². The van der Waals surface area contributed by atoms with Gasteiger partial charge in [0.2, 0.25) is 0 Å². The van der Waals surface area contributed by atoms with Crippen LogP contribution in [0.3, 0.4) is 0 Å². The lowest BCUT2D eigenvalue weighted by molar-refractivity contribution is 0.883. The third-order valence-electron chi connectivity index (χ3n) is 0.752. The quantitative estimate of drug-likeness (QED) is 0.479. The molecule has 0 aliphatic carbocycles. The molecule has 7 heavy (non-hydrogen) atoms. The van der Waals surface area contributed by atoms with Crippen molar-refractivity contribution in [3.8, 4) is 0 Å². The molecule has 1 aliphatic rings. The van der Waals surface area contributed by atoms with E-state index in [1.54, 1.807) is 11.8 Å². The Balaban J connectivity index is 2.40. The highest BCUT2D eigenvalue weighted by molar-refractivity contribution is 8.13. The van der Waals surface area contributed by atoms with Crippen LogP contribution in [0.4, 0.5) is 0 Å². The molecule has 1 aliphatic heterocycles. The predicted octanol–water partition coefficient (Wildman–Crippen LogP) is 1.05. The Bertz CT molecular complexity index is 91.7. The van der Waals surface area contributed by atoms with E-state index >= 15 is 0 Å². The van der Waals surface area contributed by atoms with Crippen LogP contribution in [0.1, 0.15) is 0 Å². The van der Waals surface area contributed by atoms with E-state index < -0.39 is 0 Å². The fourth-order valence-corrected chi connectivity index (χ4v) is 1.63. The number of hydrogen-bond acceptors (Lipinski definition) is 3. The van der Waals surface area contributed by atoms with E-state index in [0.29, 0.717) is 0 Å². The Hall–Kier alpha value is 0.400. The molecule has 0 radical (unpaired) electrons. The fraction of sp³-hybridized carbons (Fsp3) is 0.500. The van der Waals surface area contributed by atoms with Crippen molar-refractivity contribution in [1.29, 1.82) is 0 Å². The van der Waals surface area contributed by atoms with Crippen LogP contribution in [0.25, 0.3) is 0 Å². The molecular weight excluding hydrogens is 126 g/mol. The first-order valence-corrected chi connectivity index (χ1v) is 3.44. The normalized spacial score (nSPS) is 31.6. The van der Waals surface area contributed by atoms with Gasteiger partial charge in [-0.25, -0.2) is 0 Å². The molecular formula is C4H7NS2. The predicted molar refractivity (Wildman–Crippen MR) is 37.5 cm³/mol. The third kappa shape index (κ3) is 1.40. The van der Waals surface area contributed by atoms with Crippen LogP contribution in [0, 0.1) is 0 Å². The van der Waals surface area contributed by atoms with Gasteiger partial charge in [-0.3, -0.25) is 5.32 Å². The molecule has 1 fully saturated rings. The molecule has 1 N–H and O–H groups in total. The first kappa shape index (κ1) is 5.54. The molecule has 0 saturated carbocycles. The van der Waals surface area contributed by atoms with Crippen LogP contribution >= 0.6 is 24.4 Å². The minimum atomic E-state index is 0.285. The average molecular weight is 133 g/mol. The average Bonchev–Trinajstić information content (AvgIpc) is 1.87.